The standard InChI is InChI=1S/C23H19N3O4S/c27-19-13-20(26-9-11-29-12-10-26)30-21-18(14-31-22(19)21)15-1-3-17(4-2-15)25-23(28)16-5-7-24-8-6-16/h1-8,13-14H,9-12H2,(H,25,28). The second-order valence-corrected chi connectivity index (χ2v) is 8.00. The van der Waals surface area contributed by atoms with Crippen LogP contribution in [0.1, 0.15) is 10.4 Å². The van der Waals surface area contributed by atoms with Gasteiger partial charge < -0.3 is 19.4 Å². The normalized spacial score (nSPS) is 14.0. The lowest BCUT2D eigenvalue weighted by Gasteiger charge is -2.27. The lowest BCUT2D eigenvalue weighted by atomic mass is 10.1. The van der Waals surface area contributed by atoms with Crippen LogP contribution in [0.2, 0.25) is 0 Å². The number of carbonyl (C=O) groups is 1. The van der Waals surface area contributed by atoms with Crippen LogP contribution < -0.4 is 15.6 Å². The summed E-state index contributed by atoms with van der Waals surface area (Å²) >= 11 is 1.38. The van der Waals surface area contributed by atoms with E-state index >= 15 is 0 Å². The van der Waals surface area contributed by atoms with E-state index in [4.69, 9.17) is 9.15 Å². The van der Waals surface area contributed by atoms with Crippen LogP contribution in [0.3, 0.4) is 0 Å². The predicted molar refractivity (Wildman–Crippen MR) is 121 cm³/mol. The van der Waals surface area contributed by atoms with Gasteiger partial charge in [0.15, 0.2) is 11.5 Å². The van der Waals surface area contributed by atoms with Crippen molar-refractivity contribution in [1.29, 1.82) is 0 Å². The summed E-state index contributed by atoms with van der Waals surface area (Å²) in [7, 11) is 0. The van der Waals surface area contributed by atoms with Gasteiger partial charge in [0.05, 0.1) is 13.2 Å². The molecule has 0 bridgehead atoms. The maximum atomic E-state index is 12.6. The largest absolute Gasteiger partial charge is 0.439 e. The average molecular weight is 433 g/mol. The van der Waals surface area contributed by atoms with E-state index in [0.717, 1.165) is 11.1 Å². The summed E-state index contributed by atoms with van der Waals surface area (Å²) in [6.45, 7) is 2.62. The van der Waals surface area contributed by atoms with Gasteiger partial charge in [-0.05, 0) is 29.8 Å². The average Bonchev–Trinajstić information content (AvgIpc) is 3.25. The molecule has 0 aliphatic carbocycles. The molecule has 1 aromatic carbocycles. The number of rotatable bonds is 4. The zero-order valence-corrected chi connectivity index (χ0v) is 17.4. The third kappa shape index (κ3) is 3.95. The molecule has 31 heavy (non-hydrogen) atoms. The number of anilines is 2. The van der Waals surface area contributed by atoms with Gasteiger partial charge >= 0.3 is 0 Å². The van der Waals surface area contributed by atoms with E-state index in [-0.39, 0.29) is 11.3 Å². The first-order chi connectivity index (χ1) is 15.2. The summed E-state index contributed by atoms with van der Waals surface area (Å²) in [5, 5.41) is 4.81. The van der Waals surface area contributed by atoms with Crippen molar-refractivity contribution in [2.75, 3.05) is 36.5 Å². The smallest absolute Gasteiger partial charge is 0.255 e. The molecule has 1 amide bonds. The zero-order chi connectivity index (χ0) is 21.2. The predicted octanol–water partition coefficient (Wildman–Crippen LogP) is 4.01. The number of benzene rings is 1. The number of hydrogen-bond acceptors (Lipinski definition) is 7. The topological polar surface area (TPSA) is 84.7 Å². The van der Waals surface area contributed by atoms with E-state index < -0.39 is 0 Å². The Morgan fingerprint density at radius 1 is 1.06 bits per heavy atom. The molecule has 0 spiro atoms. The summed E-state index contributed by atoms with van der Waals surface area (Å²) in [5.41, 5.74) is 3.54. The van der Waals surface area contributed by atoms with Gasteiger partial charge in [-0.15, -0.1) is 11.3 Å². The summed E-state index contributed by atoms with van der Waals surface area (Å²) in [6.07, 6.45) is 3.16. The van der Waals surface area contributed by atoms with E-state index in [1.165, 1.54) is 11.3 Å². The number of thiophene rings is 1. The zero-order valence-electron chi connectivity index (χ0n) is 16.5. The first-order valence-corrected chi connectivity index (χ1v) is 10.8. The Morgan fingerprint density at radius 3 is 2.55 bits per heavy atom. The Kier molecular flexibility index (Phi) is 5.23. The first kappa shape index (κ1) is 19.5. The van der Waals surface area contributed by atoms with Crippen LogP contribution in [-0.4, -0.2) is 37.2 Å². The highest BCUT2D eigenvalue weighted by molar-refractivity contribution is 7.17. The highest BCUT2D eigenvalue weighted by atomic mass is 32.1. The summed E-state index contributed by atoms with van der Waals surface area (Å²) < 4.78 is 12.2. The molecular formula is C23H19N3O4S. The van der Waals surface area contributed by atoms with Crippen LogP contribution >= 0.6 is 11.3 Å². The van der Waals surface area contributed by atoms with Gasteiger partial charge in [0, 0.05) is 53.7 Å². The number of nitrogens with zero attached hydrogens (tertiary/aromatic N) is 2. The van der Waals surface area contributed by atoms with Crippen molar-refractivity contribution in [3.63, 3.8) is 0 Å². The van der Waals surface area contributed by atoms with Crippen LogP contribution in [0.4, 0.5) is 11.6 Å². The number of pyridine rings is 1. The Bertz CT molecular complexity index is 1280. The fourth-order valence-corrected chi connectivity index (χ4v) is 4.42. The molecule has 1 aliphatic rings. The Labute approximate surface area is 181 Å². The Morgan fingerprint density at radius 2 is 1.81 bits per heavy atom. The van der Waals surface area contributed by atoms with Crippen LogP contribution in [0.25, 0.3) is 21.4 Å². The second kappa shape index (κ2) is 8.33. The molecule has 1 saturated heterocycles. The minimum Gasteiger partial charge on any atom is -0.439 e. The quantitative estimate of drug-likeness (QED) is 0.524. The summed E-state index contributed by atoms with van der Waals surface area (Å²) in [4.78, 5) is 30.9. The number of ether oxygens (including phenoxy) is 1. The van der Waals surface area contributed by atoms with Crippen molar-refractivity contribution < 1.29 is 13.9 Å². The number of fused-ring (bicyclic) bond motifs is 1. The van der Waals surface area contributed by atoms with E-state index in [0.29, 0.717) is 53.7 Å². The SMILES string of the molecule is O=C(Nc1ccc(-c2csc3c(=O)cc(N4CCOCC4)oc23)cc1)c1ccncc1. The van der Waals surface area contributed by atoms with Gasteiger partial charge in [-0.3, -0.25) is 14.6 Å². The van der Waals surface area contributed by atoms with Gasteiger partial charge in [-0.2, -0.15) is 0 Å². The van der Waals surface area contributed by atoms with Crippen molar-refractivity contribution in [2.24, 2.45) is 0 Å². The molecule has 0 saturated carbocycles. The molecule has 4 heterocycles. The molecule has 156 valence electrons. The summed E-state index contributed by atoms with van der Waals surface area (Å²) in [5.74, 6) is 0.374. The number of nitrogens with one attached hydrogen (secondary N) is 1. The number of aromatic nitrogens is 1. The number of morpholine rings is 1. The molecule has 3 aromatic heterocycles. The number of carbonyl (C=O) groups excluding carboxylic acids is 1. The maximum absolute atomic E-state index is 12.6. The Hall–Kier alpha value is -3.49. The second-order valence-electron chi connectivity index (χ2n) is 7.12. The lowest BCUT2D eigenvalue weighted by molar-refractivity contribution is 0.102. The molecule has 4 aromatic rings. The highest BCUT2D eigenvalue weighted by Gasteiger charge is 2.18. The lowest BCUT2D eigenvalue weighted by Crippen LogP contribution is -2.36. The van der Waals surface area contributed by atoms with Crippen molar-refractivity contribution in [3.8, 4) is 11.1 Å². The molecule has 8 heteroatoms. The van der Waals surface area contributed by atoms with Crippen molar-refractivity contribution in [3.05, 3.63) is 76.0 Å². The third-order valence-corrected chi connectivity index (χ3v) is 6.13. The van der Waals surface area contributed by atoms with Crippen LogP contribution in [0, 0.1) is 0 Å². The van der Waals surface area contributed by atoms with Gasteiger partial charge in [-0.25, -0.2) is 0 Å². The molecule has 0 atom stereocenters. The van der Waals surface area contributed by atoms with E-state index in [9.17, 15) is 9.59 Å². The minimum absolute atomic E-state index is 0.0415. The number of hydrogen-bond donors (Lipinski definition) is 1. The molecule has 0 unspecified atom stereocenters. The van der Waals surface area contributed by atoms with Crippen molar-refractivity contribution in [2.45, 2.75) is 0 Å². The third-order valence-electron chi connectivity index (χ3n) is 5.15. The van der Waals surface area contributed by atoms with E-state index in [1.807, 2.05) is 34.5 Å². The first-order valence-electron chi connectivity index (χ1n) is 9.89. The molecule has 1 aliphatic heterocycles. The molecule has 0 radical (unpaired) electrons. The van der Waals surface area contributed by atoms with Crippen molar-refractivity contribution >= 4 is 39.1 Å². The van der Waals surface area contributed by atoms with E-state index in [2.05, 4.69) is 10.3 Å². The fraction of sp³-hybridized carbons (Fsp3) is 0.174. The van der Waals surface area contributed by atoms with Crippen molar-refractivity contribution in [1.82, 2.24) is 4.98 Å². The van der Waals surface area contributed by atoms with Gasteiger partial charge in [0.2, 0.25) is 5.43 Å². The molecular weight excluding hydrogens is 414 g/mol. The molecule has 1 N–H and O–H groups in total. The van der Waals surface area contributed by atoms with Gasteiger partial charge in [0.1, 0.15) is 4.70 Å². The minimum atomic E-state index is -0.197. The Balaban J connectivity index is 1.43. The van der Waals surface area contributed by atoms with Crippen LogP contribution in [0.5, 0.6) is 0 Å². The van der Waals surface area contributed by atoms with Crippen LogP contribution in [-0.2, 0) is 4.74 Å². The monoisotopic (exact) mass is 433 g/mol. The molecule has 1 fully saturated rings. The summed E-state index contributed by atoms with van der Waals surface area (Å²) in [6, 6.07) is 12.4. The number of amides is 1. The van der Waals surface area contributed by atoms with E-state index in [1.54, 1.807) is 30.6 Å². The highest BCUT2D eigenvalue weighted by Crippen LogP contribution is 2.35. The van der Waals surface area contributed by atoms with Gasteiger partial charge in [-0.1, -0.05) is 12.1 Å². The van der Waals surface area contributed by atoms with Gasteiger partial charge in [0.25, 0.3) is 5.91 Å². The maximum Gasteiger partial charge on any atom is 0.255 e. The molecule has 5 rings (SSSR count). The van der Waals surface area contributed by atoms with Crippen LogP contribution in [0.15, 0.2) is 69.5 Å². The fourth-order valence-electron chi connectivity index (χ4n) is 3.51. The molecule has 7 nitrogen and oxygen atoms in total.